The van der Waals surface area contributed by atoms with Gasteiger partial charge in [-0.1, -0.05) is 93.1 Å². The molecule has 6 atom stereocenters. The summed E-state index contributed by atoms with van der Waals surface area (Å²) in [4.78, 5) is 38.2. The molecular weight excluding hydrogens is 1030 g/mol. The number of benzene rings is 3. The van der Waals surface area contributed by atoms with Crippen molar-refractivity contribution in [2.75, 3.05) is 37.7 Å². The fourth-order valence-corrected chi connectivity index (χ4v) is 13.0. The lowest BCUT2D eigenvalue weighted by atomic mass is 9.97. The zero-order chi connectivity index (χ0) is 56.4. The number of aromatic amines is 1. The van der Waals surface area contributed by atoms with Gasteiger partial charge >= 0.3 is 6.01 Å². The van der Waals surface area contributed by atoms with Gasteiger partial charge in [0.15, 0.2) is 5.75 Å². The Labute approximate surface area is 478 Å². The number of halogens is 1. The Kier molecular flexibility index (Phi) is 16.2. The number of nitrogens with zero attached hydrogens (tertiary/aromatic N) is 10. The van der Waals surface area contributed by atoms with E-state index in [4.69, 9.17) is 29.8 Å². The van der Waals surface area contributed by atoms with E-state index >= 15 is 0 Å². The molecule has 6 aromatic rings. The molecule has 6 aliphatic rings. The normalized spacial score (nSPS) is 22.4. The molecule has 18 heteroatoms. The zero-order valence-corrected chi connectivity index (χ0v) is 47.6. The lowest BCUT2D eigenvalue weighted by Crippen LogP contribution is -2.49. The van der Waals surface area contributed by atoms with Gasteiger partial charge in [0, 0.05) is 71.5 Å². The number of aliphatic hydroxyl groups excluding tert-OH is 1. The van der Waals surface area contributed by atoms with Crippen LogP contribution in [0.1, 0.15) is 143 Å². The number of H-pyrrole nitrogens is 1. The van der Waals surface area contributed by atoms with Crippen molar-refractivity contribution < 1.29 is 23.8 Å². The SMILES string of the molecule is C=C(C(C(C)C)N1CC(c2ccc(COc3c(\C=c4/cn[nH]/c4=C/C(F)=C/C)c(C4CC4)cc4c(N5CC6CC5CN6)nc(OC5CCCCCC5)nc34)cc2)N=N1)N1CCCC1C(=O)NC(CO)c1ccc(-c2nccnc2C)cc1. The molecule has 5 fully saturated rings. The quantitative estimate of drug-likeness (QED) is 0.0561. The van der Waals surface area contributed by atoms with E-state index in [0.717, 1.165) is 131 Å². The van der Waals surface area contributed by atoms with Crippen molar-refractivity contribution >= 4 is 34.8 Å². The van der Waals surface area contributed by atoms with Crippen molar-refractivity contribution in [3.63, 3.8) is 0 Å². The summed E-state index contributed by atoms with van der Waals surface area (Å²) in [7, 11) is 0. The van der Waals surface area contributed by atoms with E-state index in [-0.39, 0.29) is 49.1 Å². The number of aryl methyl sites for hydroxylation is 1. The first kappa shape index (κ1) is 55.0. The van der Waals surface area contributed by atoms with Gasteiger partial charge in [-0.25, -0.2) is 4.39 Å². The van der Waals surface area contributed by atoms with Crippen LogP contribution in [0.15, 0.2) is 108 Å². The summed E-state index contributed by atoms with van der Waals surface area (Å²) in [5.74, 6) is 1.47. The monoisotopic (exact) mass is 1110 g/mol. The molecule has 0 radical (unpaired) electrons. The first-order valence-corrected chi connectivity index (χ1v) is 29.7. The average molecular weight is 1110 g/mol. The van der Waals surface area contributed by atoms with Gasteiger partial charge < -0.3 is 35.0 Å². The van der Waals surface area contributed by atoms with Crippen molar-refractivity contribution in [3.05, 3.63) is 141 Å². The van der Waals surface area contributed by atoms with Crippen LogP contribution in [0.5, 0.6) is 11.8 Å². The number of rotatable bonds is 19. The average Bonchev–Trinajstić information content (AvgIpc) is 3.14. The highest BCUT2D eigenvalue weighted by molar-refractivity contribution is 5.98. The second kappa shape index (κ2) is 24.1. The molecule has 0 spiro atoms. The molecule has 17 nitrogen and oxygen atoms in total. The number of piperazine rings is 1. The lowest BCUT2D eigenvalue weighted by Gasteiger charge is -2.38. The molecule has 4 aliphatic heterocycles. The van der Waals surface area contributed by atoms with Crippen LogP contribution >= 0.6 is 0 Å². The second-order valence-corrected chi connectivity index (χ2v) is 23.5. The fourth-order valence-electron chi connectivity index (χ4n) is 13.0. The molecule has 2 saturated carbocycles. The second-order valence-electron chi connectivity index (χ2n) is 23.5. The van der Waals surface area contributed by atoms with Crippen LogP contribution < -0.4 is 35.6 Å². The summed E-state index contributed by atoms with van der Waals surface area (Å²) in [6.07, 6.45) is 21.4. The number of aromatic nitrogens is 6. The van der Waals surface area contributed by atoms with Gasteiger partial charge in [-0.2, -0.15) is 20.2 Å². The summed E-state index contributed by atoms with van der Waals surface area (Å²) < 4.78 is 28.8. The van der Waals surface area contributed by atoms with E-state index in [1.54, 1.807) is 25.5 Å². The highest BCUT2D eigenvalue weighted by Gasteiger charge is 2.42. The van der Waals surface area contributed by atoms with Crippen molar-refractivity contribution in [2.24, 2.45) is 16.3 Å². The van der Waals surface area contributed by atoms with Gasteiger partial charge in [-0.05, 0) is 124 Å². The predicted molar refractivity (Wildman–Crippen MR) is 315 cm³/mol. The van der Waals surface area contributed by atoms with Crippen LogP contribution in [-0.2, 0) is 11.4 Å². The molecule has 3 aromatic carbocycles. The number of ether oxygens (including phenoxy) is 2. The third-order valence-corrected chi connectivity index (χ3v) is 17.6. The summed E-state index contributed by atoms with van der Waals surface area (Å²) in [5, 5.41) is 38.6. The first-order chi connectivity index (χ1) is 40.0. The lowest BCUT2D eigenvalue weighted by molar-refractivity contribution is -0.126. The Bertz CT molecular complexity index is 3480. The van der Waals surface area contributed by atoms with E-state index in [2.05, 4.69) is 97.4 Å². The number of likely N-dealkylation sites (tertiary alicyclic amines) is 1. The molecule has 2 bridgehead atoms. The Hall–Kier alpha value is -7.57. The van der Waals surface area contributed by atoms with Gasteiger partial charge in [-0.3, -0.25) is 24.9 Å². The van der Waals surface area contributed by atoms with Crippen molar-refractivity contribution in [2.45, 2.75) is 153 Å². The molecule has 82 heavy (non-hydrogen) atoms. The minimum absolute atomic E-state index is 0.0381. The van der Waals surface area contributed by atoms with E-state index in [1.807, 2.05) is 36.2 Å². The molecule has 3 saturated heterocycles. The number of amides is 1. The highest BCUT2D eigenvalue weighted by Crippen LogP contribution is 2.49. The molecule has 12 rings (SSSR count). The molecular formula is C64H76FN13O4. The Balaban J connectivity index is 0.787. The molecule has 6 unspecified atom stereocenters. The third-order valence-electron chi connectivity index (χ3n) is 17.6. The van der Waals surface area contributed by atoms with Crippen LogP contribution in [0.2, 0.25) is 0 Å². The van der Waals surface area contributed by atoms with Gasteiger partial charge in [0.2, 0.25) is 5.91 Å². The van der Waals surface area contributed by atoms with Crippen LogP contribution in [0, 0.1) is 12.8 Å². The van der Waals surface area contributed by atoms with Crippen LogP contribution in [-0.4, -0.2) is 114 Å². The van der Waals surface area contributed by atoms with E-state index in [0.29, 0.717) is 60.1 Å². The number of aliphatic hydroxyl groups is 1. The largest absolute Gasteiger partial charge is 0.486 e. The van der Waals surface area contributed by atoms with Gasteiger partial charge in [0.1, 0.15) is 42.0 Å². The van der Waals surface area contributed by atoms with E-state index < -0.39 is 12.1 Å². The Morgan fingerprint density at radius 3 is 2.48 bits per heavy atom. The number of anilines is 1. The number of carbonyl (C=O) groups excluding carboxylic acids is 1. The van der Waals surface area contributed by atoms with Gasteiger partial charge in [0.05, 0.1) is 48.2 Å². The maximum Gasteiger partial charge on any atom is 0.319 e. The van der Waals surface area contributed by atoms with Crippen LogP contribution in [0.4, 0.5) is 10.2 Å². The molecule has 4 N–H and O–H groups in total. The summed E-state index contributed by atoms with van der Waals surface area (Å²) in [6.45, 7) is 15.5. The molecule has 7 heterocycles. The fraction of sp³-hybridized carbons (Fsp3) is 0.469. The standard InChI is InChI=1S/C64H76FN13O4/c1-6-47(65)29-54-46(32-69-73-54)28-52-51(42-19-20-42)31-53-59(71-64(82-50-12-9-7-8-10-13-50)72-62(53)77-34-48-30-49(77)33-68-48)61(52)81-37-41-15-17-43(18-16-41)55-35-78(75-74-55)60(38(2)3)40(5)76-27-11-14-57(76)63(80)70-56(36-79)44-21-23-45(24-22-44)58-39(4)66-25-26-67-58/h6,15-18,21-26,28-29,31-32,38,42,48-50,55-57,60,68,73,79H,5,7-14,19-20,27,30,33-37H2,1-4H3,(H,70,80)/b46-28+,47-6-,54-29+. The molecule has 428 valence electrons. The van der Waals surface area contributed by atoms with Crippen LogP contribution in [0.3, 0.4) is 0 Å². The van der Waals surface area contributed by atoms with Crippen molar-refractivity contribution in [1.82, 2.24) is 50.7 Å². The maximum atomic E-state index is 14.9. The number of nitrogens with one attached hydrogen (secondary N) is 3. The zero-order valence-electron chi connectivity index (χ0n) is 47.6. The number of carbonyl (C=O) groups is 1. The summed E-state index contributed by atoms with van der Waals surface area (Å²) in [6, 6.07) is 18.1. The van der Waals surface area contributed by atoms with E-state index in [9.17, 15) is 14.3 Å². The van der Waals surface area contributed by atoms with Crippen molar-refractivity contribution in [3.8, 4) is 23.0 Å². The number of hydrogen-bond acceptors (Lipinski definition) is 15. The molecule has 1 amide bonds. The topological polar surface area (TPSA) is 194 Å². The minimum atomic E-state index is -0.581. The first-order valence-electron chi connectivity index (χ1n) is 29.7. The number of hydrogen-bond donors (Lipinski definition) is 4. The number of fused-ring (bicyclic) bond motifs is 3. The predicted octanol–water partition coefficient (Wildman–Crippen LogP) is 9.29. The smallest absolute Gasteiger partial charge is 0.319 e. The maximum absolute atomic E-state index is 14.9. The third kappa shape index (κ3) is 11.6. The number of allylic oxidation sites excluding steroid dienone is 2. The summed E-state index contributed by atoms with van der Waals surface area (Å²) in [5.41, 5.74) is 8.92. The molecule has 2 aliphatic carbocycles. The van der Waals surface area contributed by atoms with Gasteiger partial charge in [0.25, 0.3) is 0 Å². The van der Waals surface area contributed by atoms with Crippen LogP contribution in [0.25, 0.3) is 34.3 Å². The van der Waals surface area contributed by atoms with Crippen molar-refractivity contribution in [1.29, 1.82) is 0 Å². The Morgan fingerprint density at radius 2 is 1.77 bits per heavy atom. The highest BCUT2D eigenvalue weighted by atomic mass is 19.1. The Morgan fingerprint density at radius 1 is 0.976 bits per heavy atom. The van der Waals surface area contributed by atoms with E-state index in [1.165, 1.54) is 25.0 Å². The summed E-state index contributed by atoms with van der Waals surface area (Å²) >= 11 is 0. The van der Waals surface area contributed by atoms with Gasteiger partial charge in [-0.15, -0.1) is 0 Å². The molecule has 3 aromatic heterocycles. The minimum Gasteiger partial charge on any atom is -0.486 e.